The van der Waals surface area contributed by atoms with Crippen LogP contribution in [0.5, 0.6) is 0 Å². The zero-order chi connectivity index (χ0) is 16.7. The SMILES string of the molecule is CCOC(=O)NCc1cc(C(=O)N2CCOCC2CO)ccn1. The number of rotatable bonds is 5. The Balaban J connectivity index is 2.03. The minimum Gasteiger partial charge on any atom is -0.450 e. The number of pyridine rings is 1. The molecule has 1 atom stereocenters. The fraction of sp³-hybridized carbons (Fsp3) is 0.533. The molecule has 0 bridgehead atoms. The highest BCUT2D eigenvalue weighted by Gasteiger charge is 2.27. The Hall–Kier alpha value is -2.19. The van der Waals surface area contributed by atoms with Gasteiger partial charge in [-0.2, -0.15) is 0 Å². The number of nitrogens with zero attached hydrogens (tertiary/aromatic N) is 2. The van der Waals surface area contributed by atoms with Gasteiger partial charge in [0.1, 0.15) is 0 Å². The van der Waals surface area contributed by atoms with Crippen molar-refractivity contribution in [2.24, 2.45) is 0 Å². The van der Waals surface area contributed by atoms with Crippen LogP contribution in [0.15, 0.2) is 18.3 Å². The molecule has 1 aliphatic rings. The van der Waals surface area contributed by atoms with E-state index in [0.29, 0.717) is 31.0 Å². The largest absolute Gasteiger partial charge is 0.450 e. The van der Waals surface area contributed by atoms with Crippen LogP contribution in [0, 0.1) is 0 Å². The summed E-state index contributed by atoms with van der Waals surface area (Å²) < 4.78 is 10.0. The summed E-state index contributed by atoms with van der Waals surface area (Å²) in [6.07, 6.45) is 0.989. The Morgan fingerprint density at radius 3 is 3.13 bits per heavy atom. The van der Waals surface area contributed by atoms with Gasteiger partial charge in [0.25, 0.3) is 5.91 Å². The van der Waals surface area contributed by atoms with Crippen LogP contribution in [0.2, 0.25) is 0 Å². The predicted octanol–water partition coefficient (Wildman–Crippen LogP) is 0.161. The summed E-state index contributed by atoms with van der Waals surface area (Å²) in [7, 11) is 0. The maximum atomic E-state index is 12.6. The smallest absolute Gasteiger partial charge is 0.407 e. The van der Waals surface area contributed by atoms with E-state index < -0.39 is 6.09 Å². The third-order valence-corrected chi connectivity index (χ3v) is 3.45. The van der Waals surface area contributed by atoms with E-state index in [1.807, 2.05) is 0 Å². The first kappa shape index (κ1) is 17.2. The Labute approximate surface area is 134 Å². The molecule has 0 radical (unpaired) electrons. The van der Waals surface area contributed by atoms with Crippen molar-refractivity contribution >= 4 is 12.0 Å². The summed E-state index contributed by atoms with van der Waals surface area (Å²) >= 11 is 0. The van der Waals surface area contributed by atoms with E-state index in [2.05, 4.69) is 10.3 Å². The van der Waals surface area contributed by atoms with Crippen LogP contribution in [0.1, 0.15) is 23.0 Å². The first-order valence-corrected chi connectivity index (χ1v) is 7.50. The Morgan fingerprint density at radius 2 is 2.39 bits per heavy atom. The molecule has 2 rings (SSSR count). The first-order chi connectivity index (χ1) is 11.2. The quantitative estimate of drug-likeness (QED) is 0.800. The molecule has 0 saturated carbocycles. The number of carbonyl (C=O) groups excluding carboxylic acids is 2. The Kier molecular flexibility index (Phi) is 6.30. The van der Waals surface area contributed by atoms with Gasteiger partial charge in [0.2, 0.25) is 0 Å². The molecule has 1 aliphatic heterocycles. The Morgan fingerprint density at radius 1 is 1.57 bits per heavy atom. The van der Waals surface area contributed by atoms with E-state index in [1.54, 1.807) is 24.0 Å². The minimum absolute atomic E-state index is 0.145. The van der Waals surface area contributed by atoms with Gasteiger partial charge in [-0.05, 0) is 19.1 Å². The van der Waals surface area contributed by atoms with Crippen LogP contribution < -0.4 is 5.32 Å². The molecule has 23 heavy (non-hydrogen) atoms. The molecule has 8 nitrogen and oxygen atoms in total. The summed E-state index contributed by atoms with van der Waals surface area (Å²) in [5, 5.41) is 11.9. The van der Waals surface area contributed by atoms with Crippen LogP contribution in [-0.2, 0) is 16.0 Å². The zero-order valence-electron chi connectivity index (χ0n) is 13.0. The third-order valence-electron chi connectivity index (χ3n) is 3.45. The highest BCUT2D eigenvalue weighted by Crippen LogP contribution is 2.13. The minimum atomic E-state index is -0.528. The van der Waals surface area contributed by atoms with Crippen molar-refractivity contribution in [2.75, 3.05) is 33.0 Å². The van der Waals surface area contributed by atoms with Gasteiger partial charge in [0.05, 0.1) is 44.7 Å². The molecule has 1 saturated heterocycles. The van der Waals surface area contributed by atoms with Crippen molar-refractivity contribution in [1.82, 2.24) is 15.2 Å². The summed E-state index contributed by atoms with van der Waals surface area (Å²) in [5.74, 6) is -0.188. The van der Waals surface area contributed by atoms with Crippen molar-refractivity contribution in [2.45, 2.75) is 19.5 Å². The zero-order valence-corrected chi connectivity index (χ0v) is 13.0. The maximum absolute atomic E-state index is 12.6. The normalized spacial score (nSPS) is 17.7. The second-order valence-electron chi connectivity index (χ2n) is 5.02. The van der Waals surface area contributed by atoms with E-state index >= 15 is 0 Å². The number of alkyl carbamates (subject to hydrolysis) is 1. The number of aromatic nitrogens is 1. The second-order valence-corrected chi connectivity index (χ2v) is 5.02. The molecule has 1 aromatic heterocycles. The molecule has 0 aromatic carbocycles. The van der Waals surface area contributed by atoms with E-state index in [1.165, 1.54) is 6.20 Å². The number of hydrogen-bond donors (Lipinski definition) is 2. The number of aliphatic hydroxyl groups excluding tert-OH is 1. The highest BCUT2D eigenvalue weighted by molar-refractivity contribution is 5.94. The molecule has 8 heteroatoms. The molecule has 2 amide bonds. The predicted molar refractivity (Wildman–Crippen MR) is 80.8 cm³/mol. The van der Waals surface area contributed by atoms with E-state index in [0.717, 1.165) is 0 Å². The number of nitrogens with one attached hydrogen (secondary N) is 1. The lowest BCUT2D eigenvalue weighted by atomic mass is 10.1. The van der Waals surface area contributed by atoms with Gasteiger partial charge < -0.3 is 24.8 Å². The lowest BCUT2D eigenvalue weighted by Gasteiger charge is -2.34. The number of carbonyl (C=O) groups is 2. The van der Waals surface area contributed by atoms with Crippen LogP contribution in [0.25, 0.3) is 0 Å². The monoisotopic (exact) mass is 323 g/mol. The third kappa shape index (κ3) is 4.64. The van der Waals surface area contributed by atoms with Crippen LogP contribution >= 0.6 is 0 Å². The average molecular weight is 323 g/mol. The second kappa shape index (κ2) is 8.44. The summed E-state index contributed by atoms with van der Waals surface area (Å²) in [5.41, 5.74) is 1.01. The van der Waals surface area contributed by atoms with Gasteiger partial charge in [-0.3, -0.25) is 9.78 Å². The maximum Gasteiger partial charge on any atom is 0.407 e. The van der Waals surface area contributed by atoms with Gasteiger partial charge in [-0.25, -0.2) is 4.79 Å². The Bertz CT molecular complexity index is 552. The number of aliphatic hydroxyl groups is 1. The molecule has 0 spiro atoms. The molecular weight excluding hydrogens is 302 g/mol. The summed E-state index contributed by atoms with van der Waals surface area (Å²) in [6.45, 7) is 3.24. The topological polar surface area (TPSA) is 101 Å². The molecule has 2 N–H and O–H groups in total. The number of morpholine rings is 1. The van der Waals surface area contributed by atoms with Crippen LogP contribution in [0.4, 0.5) is 4.79 Å². The average Bonchev–Trinajstić information content (AvgIpc) is 2.60. The lowest BCUT2D eigenvalue weighted by Crippen LogP contribution is -2.50. The van der Waals surface area contributed by atoms with E-state index in [9.17, 15) is 14.7 Å². The van der Waals surface area contributed by atoms with Gasteiger partial charge >= 0.3 is 6.09 Å². The van der Waals surface area contributed by atoms with Crippen molar-refractivity contribution in [1.29, 1.82) is 0 Å². The lowest BCUT2D eigenvalue weighted by molar-refractivity contribution is -0.0184. The molecule has 126 valence electrons. The molecule has 1 unspecified atom stereocenters. The highest BCUT2D eigenvalue weighted by atomic mass is 16.5. The van der Waals surface area contributed by atoms with Crippen molar-refractivity contribution in [3.63, 3.8) is 0 Å². The van der Waals surface area contributed by atoms with Gasteiger partial charge in [-0.1, -0.05) is 0 Å². The van der Waals surface area contributed by atoms with Crippen molar-refractivity contribution < 1.29 is 24.2 Å². The number of ether oxygens (including phenoxy) is 2. The first-order valence-electron chi connectivity index (χ1n) is 7.50. The molecule has 1 aromatic rings. The summed E-state index contributed by atoms with van der Waals surface area (Å²) in [4.78, 5) is 29.6. The van der Waals surface area contributed by atoms with Gasteiger partial charge in [0.15, 0.2) is 0 Å². The summed E-state index contributed by atoms with van der Waals surface area (Å²) in [6, 6.07) is 2.89. The van der Waals surface area contributed by atoms with Gasteiger partial charge in [0, 0.05) is 18.3 Å². The fourth-order valence-corrected chi connectivity index (χ4v) is 2.29. The standard InChI is InChI=1S/C15H21N3O5/c1-2-23-15(21)17-8-12-7-11(3-4-16-12)14(20)18-5-6-22-10-13(18)9-19/h3-4,7,13,19H,2,5-6,8-10H2,1H3,(H,17,21). The van der Waals surface area contributed by atoms with Crippen LogP contribution in [-0.4, -0.2) is 66.0 Å². The van der Waals surface area contributed by atoms with Crippen LogP contribution in [0.3, 0.4) is 0 Å². The molecule has 0 aliphatic carbocycles. The van der Waals surface area contributed by atoms with E-state index in [-0.39, 0.29) is 31.7 Å². The molecule has 1 fully saturated rings. The molecular formula is C15H21N3O5. The van der Waals surface area contributed by atoms with E-state index in [4.69, 9.17) is 9.47 Å². The van der Waals surface area contributed by atoms with Gasteiger partial charge in [-0.15, -0.1) is 0 Å². The molecule has 2 heterocycles. The fourth-order valence-electron chi connectivity index (χ4n) is 2.29. The number of amides is 2. The number of hydrogen-bond acceptors (Lipinski definition) is 6. The van der Waals surface area contributed by atoms with Crippen molar-refractivity contribution in [3.8, 4) is 0 Å². The van der Waals surface area contributed by atoms with Crippen molar-refractivity contribution in [3.05, 3.63) is 29.6 Å².